The van der Waals surface area contributed by atoms with Gasteiger partial charge in [-0.25, -0.2) is 13.1 Å². The predicted octanol–water partition coefficient (Wildman–Crippen LogP) is 2.02. The van der Waals surface area contributed by atoms with Gasteiger partial charge in [-0.1, -0.05) is 30.3 Å². The molecule has 0 bridgehead atoms. The number of thioether (sulfide) groups is 1. The lowest BCUT2D eigenvalue weighted by molar-refractivity contribution is 0.100. The largest absolute Gasteiger partial charge is 0.381 e. The van der Waals surface area contributed by atoms with Gasteiger partial charge in [0.1, 0.15) is 0 Å². The van der Waals surface area contributed by atoms with Crippen molar-refractivity contribution in [1.29, 1.82) is 0 Å². The van der Waals surface area contributed by atoms with Gasteiger partial charge in [0.15, 0.2) is 0 Å². The Kier molecular flexibility index (Phi) is 6.35. The van der Waals surface area contributed by atoms with E-state index in [4.69, 9.17) is 4.74 Å². The Morgan fingerprint density at radius 2 is 1.90 bits per heavy atom. The van der Waals surface area contributed by atoms with Gasteiger partial charge in [0.2, 0.25) is 10.0 Å². The van der Waals surface area contributed by atoms with Gasteiger partial charge < -0.3 is 4.74 Å². The number of hydrogen-bond acceptors (Lipinski definition) is 4. The summed E-state index contributed by atoms with van der Waals surface area (Å²) in [6.07, 6.45) is 2.14. The Bertz CT molecular complexity index is 484. The maximum absolute atomic E-state index is 11.9. The summed E-state index contributed by atoms with van der Waals surface area (Å²) in [5, 5.41) is 0.613. The number of ether oxygens (including phenoxy) is 1. The van der Waals surface area contributed by atoms with E-state index in [2.05, 4.69) is 4.72 Å². The van der Waals surface area contributed by atoms with E-state index in [0.29, 0.717) is 11.8 Å². The second-order valence-electron chi connectivity index (χ2n) is 4.82. The zero-order valence-electron chi connectivity index (χ0n) is 11.5. The van der Waals surface area contributed by atoms with Crippen LogP contribution in [-0.2, 0) is 20.5 Å². The van der Waals surface area contributed by atoms with E-state index >= 15 is 0 Å². The summed E-state index contributed by atoms with van der Waals surface area (Å²) in [5.41, 5.74) is 0.817. The standard InChI is InChI=1S/C14H21NO3S2/c16-20(17,12-13-4-2-1-3-5-13)15-8-11-19-14-6-9-18-10-7-14/h1-5,14-15H,6-12H2. The van der Waals surface area contributed by atoms with Crippen LogP contribution in [0, 0.1) is 0 Å². The molecule has 1 aliphatic heterocycles. The van der Waals surface area contributed by atoms with Gasteiger partial charge in [0, 0.05) is 30.8 Å². The van der Waals surface area contributed by atoms with Gasteiger partial charge in [-0.2, -0.15) is 11.8 Å². The van der Waals surface area contributed by atoms with Crippen molar-refractivity contribution in [2.24, 2.45) is 0 Å². The quantitative estimate of drug-likeness (QED) is 0.782. The molecular weight excluding hydrogens is 294 g/mol. The van der Waals surface area contributed by atoms with Crippen LogP contribution in [0.25, 0.3) is 0 Å². The molecule has 1 heterocycles. The first-order chi connectivity index (χ1) is 9.66. The van der Waals surface area contributed by atoms with Crippen molar-refractivity contribution in [3.63, 3.8) is 0 Å². The van der Waals surface area contributed by atoms with E-state index in [1.54, 1.807) is 0 Å². The molecule has 0 unspecified atom stereocenters. The lowest BCUT2D eigenvalue weighted by Gasteiger charge is -2.21. The van der Waals surface area contributed by atoms with Gasteiger partial charge in [0.05, 0.1) is 5.75 Å². The van der Waals surface area contributed by atoms with Gasteiger partial charge >= 0.3 is 0 Å². The van der Waals surface area contributed by atoms with Crippen LogP contribution in [0.4, 0.5) is 0 Å². The maximum Gasteiger partial charge on any atom is 0.215 e. The molecule has 1 saturated heterocycles. The molecule has 4 nitrogen and oxygen atoms in total. The van der Waals surface area contributed by atoms with Crippen LogP contribution in [-0.4, -0.2) is 39.2 Å². The molecule has 2 rings (SSSR count). The lowest BCUT2D eigenvalue weighted by atomic mass is 10.2. The van der Waals surface area contributed by atoms with Gasteiger partial charge in [-0.3, -0.25) is 0 Å². The van der Waals surface area contributed by atoms with Crippen LogP contribution >= 0.6 is 11.8 Å². The Morgan fingerprint density at radius 3 is 2.60 bits per heavy atom. The molecule has 1 N–H and O–H groups in total. The molecule has 1 fully saturated rings. The zero-order valence-corrected chi connectivity index (χ0v) is 13.1. The minimum Gasteiger partial charge on any atom is -0.381 e. The van der Waals surface area contributed by atoms with Crippen LogP contribution in [0.15, 0.2) is 30.3 Å². The normalized spacial score (nSPS) is 17.2. The summed E-state index contributed by atoms with van der Waals surface area (Å²) in [6, 6.07) is 9.25. The molecule has 0 aromatic heterocycles. The maximum atomic E-state index is 11.9. The molecule has 1 aromatic carbocycles. The van der Waals surface area contributed by atoms with Crippen molar-refractivity contribution in [2.75, 3.05) is 25.5 Å². The van der Waals surface area contributed by atoms with Crippen LogP contribution < -0.4 is 4.72 Å². The highest BCUT2D eigenvalue weighted by molar-refractivity contribution is 8.00. The SMILES string of the molecule is O=S(=O)(Cc1ccccc1)NCCSC1CCOCC1. The Morgan fingerprint density at radius 1 is 1.20 bits per heavy atom. The summed E-state index contributed by atoms with van der Waals surface area (Å²) >= 11 is 1.84. The second kappa shape index (κ2) is 8.02. The molecule has 0 aliphatic carbocycles. The highest BCUT2D eigenvalue weighted by Crippen LogP contribution is 2.21. The van der Waals surface area contributed by atoms with Crippen molar-refractivity contribution in [3.8, 4) is 0 Å². The summed E-state index contributed by atoms with van der Waals surface area (Å²) in [5.74, 6) is 0.870. The highest BCUT2D eigenvalue weighted by Gasteiger charge is 2.15. The summed E-state index contributed by atoms with van der Waals surface area (Å²) in [4.78, 5) is 0. The van der Waals surface area contributed by atoms with Crippen molar-refractivity contribution >= 4 is 21.8 Å². The minimum absolute atomic E-state index is 0.0514. The fraction of sp³-hybridized carbons (Fsp3) is 0.571. The van der Waals surface area contributed by atoms with E-state index < -0.39 is 10.0 Å². The predicted molar refractivity (Wildman–Crippen MR) is 83.4 cm³/mol. The Labute approximate surface area is 125 Å². The van der Waals surface area contributed by atoms with E-state index in [-0.39, 0.29) is 5.75 Å². The molecule has 1 aromatic rings. The fourth-order valence-electron chi connectivity index (χ4n) is 2.11. The summed E-state index contributed by atoms with van der Waals surface area (Å²) < 4.78 is 31.8. The number of rotatable bonds is 7. The third-order valence-corrected chi connectivity index (χ3v) is 5.89. The number of sulfonamides is 1. The number of nitrogens with one attached hydrogen (secondary N) is 1. The topological polar surface area (TPSA) is 55.4 Å². The average Bonchev–Trinajstić information content (AvgIpc) is 2.45. The highest BCUT2D eigenvalue weighted by atomic mass is 32.2. The summed E-state index contributed by atoms with van der Waals surface area (Å²) in [6.45, 7) is 2.16. The molecule has 0 atom stereocenters. The molecule has 6 heteroatoms. The number of benzene rings is 1. The van der Waals surface area contributed by atoms with Crippen LogP contribution in [0.1, 0.15) is 18.4 Å². The fourth-order valence-corrected chi connectivity index (χ4v) is 4.46. The first kappa shape index (κ1) is 15.8. The zero-order chi connectivity index (χ0) is 14.3. The van der Waals surface area contributed by atoms with Crippen LogP contribution in [0.3, 0.4) is 0 Å². The van der Waals surface area contributed by atoms with Gasteiger partial charge in [-0.15, -0.1) is 0 Å². The summed E-state index contributed by atoms with van der Waals surface area (Å²) in [7, 11) is -3.23. The lowest BCUT2D eigenvalue weighted by Crippen LogP contribution is -2.28. The van der Waals surface area contributed by atoms with E-state index in [0.717, 1.165) is 37.4 Å². The van der Waals surface area contributed by atoms with Crippen LogP contribution in [0.5, 0.6) is 0 Å². The van der Waals surface area contributed by atoms with Crippen molar-refractivity contribution in [1.82, 2.24) is 4.72 Å². The molecular formula is C14H21NO3S2. The van der Waals surface area contributed by atoms with Crippen molar-refractivity contribution < 1.29 is 13.2 Å². The van der Waals surface area contributed by atoms with Gasteiger partial charge in [-0.05, 0) is 18.4 Å². The average molecular weight is 315 g/mol. The van der Waals surface area contributed by atoms with E-state index in [1.165, 1.54) is 0 Å². The smallest absolute Gasteiger partial charge is 0.215 e. The first-order valence-corrected chi connectivity index (χ1v) is 9.56. The molecule has 0 spiro atoms. The third-order valence-electron chi connectivity index (χ3n) is 3.15. The van der Waals surface area contributed by atoms with Crippen LogP contribution in [0.2, 0.25) is 0 Å². The Balaban J connectivity index is 1.67. The molecule has 112 valence electrons. The molecule has 0 radical (unpaired) electrons. The Hall–Kier alpha value is -0.560. The third kappa shape index (κ3) is 5.83. The monoisotopic (exact) mass is 315 g/mol. The minimum atomic E-state index is -3.23. The molecule has 20 heavy (non-hydrogen) atoms. The number of hydrogen-bond donors (Lipinski definition) is 1. The van der Waals surface area contributed by atoms with Crippen molar-refractivity contribution in [2.45, 2.75) is 23.8 Å². The van der Waals surface area contributed by atoms with E-state index in [9.17, 15) is 8.42 Å². The second-order valence-corrected chi connectivity index (χ2v) is 8.04. The molecule has 0 saturated carbocycles. The molecule has 1 aliphatic rings. The molecule has 0 amide bonds. The van der Waals surface area contributed by atoms with E-state index in [1.807, 2.05) is 42.1 Å². The van der Waals surface area contributed by atoms with Crippen molar-refractivity contribution in [3.05, 3.63) is 35.9 Å². The first-order valence-electron chi connectivity index (χ1n) is 6.86. The van der Waals surface area contributed by atoms with Gasteiger partial charge in [0.25, 0.3) is 0 Å².